The Kier molecular flexibility index (Phi) is 5.65. The standard InChI is InChI=1S/C18H16N2O4S2/c1-11-9-16(24-20-11)19-17(21)12(2)23-18(22)14(15-6-4-8-26-15)10-13-5-3-7-25-13/h3-10,12H,1-2H3,(H,19,21)/b14-10+/t12-/m0/s1. The first kappa shape index (κ1) is 18.1. The Balaban J connectivity index is 1.72. The minimum absolute atomic E-state index is 0.211. The lowest BCUT2D eigenvalue weighted by atomic mass is 10.2. The molecule has 1 amide bonds. The number of anilines is 1. The SMILES string of the molecule is Cc1cc(NC(=O)[C@H](C)OC(=O)/C(=C/c2cccs2)c2cccs2)on1. The van der Waals surface area contributed by atoms with Crippen molar-refractivity contribution in [1.82, 2.24) is 5.16 Å². The third-order valence-electron chi connectivity index (χ3n) is 3.36. The van der Waals surface area contributed by atoms with Gasteiger partial charge in [-0.1, -0.05) is 17.3 Å². The lowest BCUT2D eigenvalue weighted by Crippen LogP contribution is -2.30. The van der Waals surface area contributed by atoms with Crippen molar-refractivity contribution in [3.63, 3.8) is 0 Å². The van der Waals surface area contributed by atoms with Crippen molar-refractivity contribution >= 4 is 52.1 Å². The fraction of sp³-hybridized carbons (Fsp3) is 0.167. The molecule has 0 fully saturated rings. The molecule has 0 spiro atoms. The number of nitrogens with one attached hydrogen (secondary N) is 1. The summed E-state index contributed by atoms with van der Waals surface area (Å²) in [6, 6.07) is 9.10. The molecule has 8 heteroatoms. The molecular weight excluding hydrogens is 372 g/mol. The second kappa shape index (κ2) is 8.11. The van der Waals surface area contributed by atoms with Gasteiger partial charge in [-0.2, -0.15) is 0 Å². The molecule has 6 nitrogen and oxygen atoms in total. The Morgan fingerprint density at radius 2 is 2.04 bits per heavy atom. The van der Waals surface area contributed by atoms with Crippen LogP contribution in [0.25, 0.3) is 11.6 Å². The first-order valence-corrected chi connectivity index (χ1v) is 9.53. The van der Waals surface area contributed by atoms with Crippen LogP contribution in [0.1, 0.15) is 22.4 Å². The molecule has 0 saturated heterocycles. The van der Waals surface area contributed by atoms with Crippen molar-refractivity contribution in [2.45, 2.75) is 20.0 Å². The molecule has 3 aromatic rings. The number of carbonyl (C=O) groups excluding carboxylic acids is 2. The van der Waals surface area contributed by atoms with E-state index in [4.69, 9.17) is 9.26 Å². The minimum Gasteiger partial charge on any atom is -0.449 e. The molecule has 0 saturated carbocycles. The number of hydrogen-bond donors (Lipinski definition) is 1. The number of rotatable bonds is 6. The third-order valence-corrected chi connectivity index (χ3v) is 5.09. The highest BCUT2D eigenvalue weighted by molar-refractivity contribution is 7.12. The summed E-state index contributed by atoms with van der Waals surface area (Å²) in [7, 11) is 0. The number of carbonyl (C=O) groups is 2. The van der Waals surface area contributed by atoms with E-state index < -0.39 is 18.0 Å². The van der Waals surface area contributed by atoms with Crippen LogP contribution in [0.4, 0.5) is 5.88 Å². The maximum Gasteiger partial charge on any atom is 0.340 e. The van der Waals surface area contributed by atoms with Crippen LogP contribution in [0.5, 0.6) is 0 Å². The largest absolute Gasteiger partial charge is 0.449 e. The average Bonchev–Trinajstić information content (AvgIpc) is 3.35. The molecule has 0 aromatic carbocycles. The summed E-state index contributed by atoms with van der Waals surface area (Å²) >= 11 is 2.95. The van der Waals surface area contributed by atoms with E-state index in [1.165, 1.54) is 29.6 Å². The zero-order chi connectivity index (χ0) is 18.5. The lowest BCUT2D eigenvalue weighted by Gasteiger charge is -2.13. The number of aromatic nitrogens is 1. The van der Waals surface area contributed by atoms with E-state index in [-0.39, 0.29) is 5.88 Å². The average molecular weight is 388 g/mol. The van der Waals surface area contributed by atoms with Crippen LogP contribution in [0.15, 0.2) is 45.6 Å². The van der Waals surface area contributed by atoms with Gasteiger partial charge in [0.1, 0.15) is 0 Å². The summed E-state index contributed by atoms with van der Waals surface area (Å²) in [5, 5.41) is 10.0. The molecule has 0 aliphatic heterocycles. The van der Waals surface area contributed by atoms with Crippen molar-refractivity contribution in [3.8, 4) is 0 Å². The van der Waals surface area contributed by atoms with Crippen LogP contribution in [0.3, 0.4) is 0 Å². The van der Waals surface area contributed by atoms with Crippen LogP contribution in [-0.4, -0.2) is 23.1 Å². The molecule has 0 aliphatic rings. The smallest absolute Gasteiger partial charge is 0.340 e. The molecule has 0 bridgehead atoms. The van der Waals surface area contributed by atoms with E-state index in [9.17, 15) is 9.59 Å². The Hall–Kier alpha value is -2.71. The predicted molar refractivity (Wildman–Crippen MR) is 102 cm³/mol. The van der Waals surface area contributed by atoms with Crippen LogP contribution in [-0.2, 0) is 14.3 Å². The topological polar surface area (TPSA) is 81.4 Å². The molecule has 134 valence electrons. The van der Waals surface area contributed by atoms with Gasteiger partial charge in [-0.05, 0) is 42.8 Å². The maximum absolute atomic E-state index is 12.6. The van der Waals surface area contributed by atoms with Gasteiger partial charge in [0.25, 0.3) is 5.91 Å². The molecule has 0 radical (unpaired) electrons. The number of hydrogen-bond acceptors (Lipinski definition) is 7. The Morgan fingerprint density at radius 3 is 2.65 bits per heavy atom. The number of nitrogens with zero attached hydrogens (tertiary/aromatic N) is 1. The number of aryl methyl sites for hydroxylation is 1. The monoisotopic (exact) mass is 388 g/mol. The fourth-order valence-corrected chi connectivity index (χ4v) is 3.49. The first-order valence-electron chi connectivity index (χ1n) is 7.77. The van der Waals surface area contributed by atoms with Gasteiger partial charge in [-0.15, -0.1) is 22.7 Å². The van der Waals surface area contributed by atoms with Crippen molar-refractivity contribution in [2.24, 2.45) is 0 Å². The predicted octanol–water partition coefficient (Wildman–Crippen LogP) is 4.22. The van der Waals surface area contributed by atoms with E-state index in [0.29, 0.717) is 11.3 Å². The quantitative estimate of drug-likeness (QED) is 0.505. The summed E-state index contributed by atoms with van der Waals surface area (Å²) in [5.74, 6) is -0.837. The number of ether oxygens (including phenoxy) is 1. The Labute approximate surface area is 158 Å². The highest BCUT2D eigenvalue weighted by Crippen LogP contribution is 2.26. The highest BCUT2D eigenvalue weighted by Gasteiger charge is 2.23. The van der Waals surface area contributed by atoms with Gasteiger partial charge in [0.15, 0.2) is 6.10 Å². The van der Waals surface area contributed by atoms with Gasteiger partial charge in [0, 0.05) is 15.8 Å². The lowest BCUT2D eigenvalue weighted by molar-refractivity contribution is -0.147. The molecule has 0 unspecified atom stereocenters. The highest BCUT2D eigenvalue weighted by atomic mass is 32.1. The van der Waals surface area contributed by atoms with Gasteiger partial charge in [0.2, 0.25) is 5.88 Å². The molecule has 3 aromatic heterocycles. The van der Waals surface area contributed by atoms with Gasteiger partial charge in [-0.25, -0.2) is 4.79 Å². The number of amides is 1. The molecule has 3 heterocycles. The fourth-order valence-electron chi connectivity index (χ4n) is 2.10. The van der Waals surface area contributed by atoms with E-state index >= 15 is 0 Å². The maximum atomic E-state index is 12.6. The second-order valence-corrected chi connectivity index (χ2v) is 7.35. The van der Waals surface area contributed by atoms with Crippen LogP contribution < -0.4 is 5.32 Å². The summed E-state index contributed by atoms with van der Waals surface area (Å²) < 4.78 is 10.3. The van der Waals surface area contributed by atoms with Crippen LogP contribution in [0.2, 0.25) is 0 Å². The zero-order valence-corrected chi connectivity index (χ0v) is 15.7. The second-order valence-electron chi connectivity index (χ2n) is 5.42. The third kappa shape index (κ3) is 4.47. The van der Waals surface area contributed by atoms with E-state index in [1.54, 1.807) is 19.1 Å². The Bertz CT molecular complexity index is 911. The Morgan fingerprint density at radius 1 is 1.27 bits per heavy atom. The van der Waals surface area contributed by atoms with Crippen molar-refractivity contribution < 1.29 is 18.8 Å². The van der Waals surface area contributed by atoms with Crippen LogP contribution in [0, 0.1) is 6.92 Å². The van der Waals surface area contributed by atoms with Gasteiger partial charge < -0.3 is 9.26 Å². The summed E-state index contributed by atoms with van der Waals surface area (Å²) in [4.78, 5) is 26.5. The summed E-state index contributed by atoms with van der Waals surface area (Å²) in [5.41, 5.74) is 1.06. The summed E-state index contributed by atoms with van der Waals surface area (Å²) in [6.07, 6.45) is 0.781. The van der Waals surface area contributed by atoms with Gasteiger partial charge >= 0.3 is 5.97 Å². The molecule has 0 aliphatic carbocycles. The van der Waals surface area contributed by atoms with Gasteiger partial charge in [0.05, 0.1) is 11.3 Å². The van der Waals surface area contributed by atoms with Gasteiger partial charge in [-0.3, -0.25) is 10.1 Å². The summed E-state index contributed by atoms with van der Waals surface area (Å²) in [6.45, 7) is 3.25. The molecule has 1 N–H and O–H groups in total. The number of esters is 1. The molecule has 3 rings (SSSR count). The van der Waals surface area contributed by atoms with E-state index in [0.717, 1.165) is 9.75 Å². The van der Waals surface area contributed by atoms with E-state index in [2.05, 4.69) is 10.5 Å². The molecule has 1 atom stereocenters. The van der Waals surface area contributed by atoms with Crippen molar-refractivity contribution in [2.75, 3.05) is 5.32 Å². The van der Waals surface area contributed by atoms with Crippen LogP contribution >= 0.6 is 22.7 Å². The number of thiophene rings is 2. The van der Waals surface area contributed by atoms with E-state index in [1.807, 2.05) is 35.0 Å². The van der Waals surface area contributed by atoms with Crippen molar-refractivity contribution in [1.29, 1.82) is 0 Å². The zero-order valence-electron chi connectivity index (χ0n) is 14.1. The first-order chi connectivity index (χ1) is 12.5. The van der Waals surface area contributed by atoms with Crippen molar-refractivity contribution in [3.05, 3.63) is 56.5 Å². The normalized spacial score (nSPS) is 12.6. The minimum atomic E-state index is -0.986. The molecular formula is C18H16N2O4S2. The molecule has 26 heavy (non-hydrogen) atoms.